The molecule has 1 rings (SSSR count). The first-order valence-corrected chi connectivity index (χ1v) is 7.74. The van der Waals surface area contributed by atoms with E-state index in [4.69, 9.17) is 4.74 Å². The molecule has 0 spiro atoms. The van der Waals surface area contributed by atoms with Crippen LogP contribution < -0.4 is 0 Å². The molecule has 0 heterocycles. The van der Waals surface area contributed by atoms with Crippen molar-refractivity contribution in [1.29, 1.82) is 0 Å². The minimum absolute atomic E-state index is 0.271. The summed E-state index contributed by atoms with van der Waals surface area (Å²) < 4.78 is 6.03. The van der Waals surface area contributed by atoms with Crippen LogP contribution in [0.1, 0.15) is 72.6 Å². The highest BCUT2D eigenvalue weighted by atomic mass is 16.5. The van der Waals surface area contributed by atoms with Crippen molar-refractivity contribution in [2.45, 2.75) is 84.8 Å². The lowest BCUT2D eigenvalue weighted by Crippen LogP contribution is -2.38. The average Bonchev–Trinajstić information content (AvgIpc) is 2.33. The first kappa shape index (κ1) is 16.0. The molecule has 3 atom stereocenters. The summed E-state index contributed by atoms with van der Waals surface area (Å²) >= 11 is 0. The first-order chi connectivity index (χ1) is 8.45. The largest absolute Gasteiger partial charge is 0.391 e. The van der Waals surface area contributed by atoms with Gasteiger partial charge in [-0.2, -0.15) is 0 Å². The van der Waals surface area contributed by atoms with Gasteiger partial charge in [-0.25, -0.2) is 0 Å². The second-order valence-corrected chi connectivity index (χ2v) is 6.92. The third-order valence-electron chi connectivity index (χ3n) is 4.21. The lowest BCUT2D eigenvalue weighted by atomic mass is 9.70. The molecular formula is C16H32O2. The van der Waals surface area contributed by atoms with E-state index in [1.807, 2.05) is 0 Å². The smallest absolute Gasteiger partial charge is 0.0773 e. The third kappa shape index (κ3) is 5.27. The van der Waals surface area contributed by atoms with E-state index in [0.29, 0.717) is 24.0 Å². The fraction of sp³-hybridized carbons (Fsp3) is 1.00. The zero-order chi connectivity index (χ0) is 13.6. The Labute approximate surface area is 113 Å². The predicted octanol–water partition coefficient (Wildman–Crippen LogP) is 4.16. The summed E-state index contributed by atoms with van der Waals surface area (Å²) in [6.45, 7) is 9.62. The number of ether oxygens (including phenoxy) is 1. The van der Waals surface area contributed by atoms with Crippen LogP contribution in [0.5, 0.6) is 0 Å². The number of hydrogen-bond acceptors (Lipinski definition) is 2. The van der Waals surface area contributed by atoms with Gasteiger partial charge in [0.05, 0.1) is 18.8 Å². The van der Waals surface area contributed by atoms with Gasteiger partial charge >= 0.3 is 0 Å². The molecule has 18 heavy (non-hydrogen) atoms. The summed E-state index contributed by atoms with van der Waals surface area (Å²) in [6, 6.07) is 0. The van der Waals surface area contributed by atoms with Crippen molar-refractivity contribution in [2.24, 2.45) is 11.3 Å². The van der Waals surface area contributed by atoms with E-state index >= 15 is 0 Å². The Balaban J connectivity index is 2.38. The topological polar surface area (TPSA) is 29.5 Å². The van der Waals surface area contributed by atoms with Crippen molar-refractivity contribution in [1.82, 2.24) is 0 Å². The Morgan fingerprint density at radius 2 is 1.89 bits per heavy atom. The Kier molecular flexibility index (Phi) is 6.65. The van der Waals surface area contributed by atoms with Gasteiger partial charge in [0.1, 0.15) is 0 Å². The van der Waals surface area contributed by atoms with Crippen LogP contribution in [0.2, 0.25) is 0 Å². The summed E-state index contributed by atoms with van der Waals surface area (Å²) in [6.07, 6.45) is 8.26. The summed E-state index contributed by atoms with van der Waals surface area (Å²) in [5.41, 5.74) is 0.319. The normalized spacial score (nSPS) is 27.2. The molecule has 1 unspecified atom stereocenters. The van der Waals surface area contributed by atoms with Crippen molar-refractivity contribution < 1.29 is 9.84 Å². The maximum absolute atomic E-state index is 9.87. The minimum atomic E-state index is -0.271. The molecule has 2 heteroatoms. The van der Waals surface area contributed by atoms with Crippen molar-refractivity contribution in [2.75, 3.05) is 6.61 Å². The number of rotatable bonds is 6. The van der Waals surface area contributed by atoms with Crippen LogP contribution in [-0.4, -0.2) is 23.9 Å². The van der Waals surface area contributed by atoms with Crippen LogP contribution in [-0.2, 0) is 4.74 Å². The van der Waals surface area contributed by atoms with Gasteiger partial charge in [-0.3, -0.25) is 0 Å². The molecule has 0 aromatic carbocycles. The summed E-state index contributed by atoms with van der Waals surface area (Å²) in [7, 11) is 0. The minimum Gasteiger partial charge on any atom is -0.391 e. The molecule has 0 amide bonds. The van der Waals surface area contributed by atoms with E-state index in [1.54, 1.807) is 0 Å². The number of hydrogen-bond donors (Lipinski definition) is 1. The molecule has 0 aliphatic heterocycles. The number of aliphatic hydroxyl groups excluding tert-OH is 1. The molecule has 1 fully saturated rings. The summed E-state index contributed by atoms with van der Waals surface area (Å²) in [4.78, 5) is 0. The van der Waals surface area contributed by atoms with Gasteiger partial charge in [0.15, 0.2) is 0 Å². The molecule has 108 valence electrons. The monoisotopic (exact) mass is 256 g/mol. The highest BCUT2D eigenvalue weighted by molar-refractivity contribution is 4.84. The fourth-order valence-corrected chi connectivity index (χ4v) is 3.04. The Morgan fingerprint density at radius 1 is 1.22 bits per heavy atom. The molecule has 0 aromatic rings. The van der Waals surface area contributed by atoms with E-state index in [2.05, 4.69) is 27.7 Å². The van der Waals surface area contributed by atoms with Crippen LogP contribution in [0.3, 0.4) is 0 Å². The standard InChI is InChI=1S/C16H32O2/c1-5-6-9-13(17)12-18-15-11-8-7-10-14(15)16(2,3)4/h13-15,17H,5-12H2,1-4H3/t13?,14-,15+/m0/s1. The number of unbranched alkanes of at least 4 members (excludes halogenated alkanes) is 1. The first-order valence-electron chi connectivity index (χ1n) is 7.74. The molecule has 0 saturated heterocycles. The van der Waals surface area contributed by atoms with Gasteiger partial charge in [0, 0.05) is 0 Å². The van der Waals surface area contributed by atoms with E-state index in [9.17, 15) is 5.11 Å². The summed E-state index contributed by atoms with van der Waals surface area (Å²) in [5, 5.41) is 9.87. The average molecular weight is 256 g/mol. The van der Waals surface area contributed by atoms with Crippen molar-refractivity contribution in [3.05, 3.63) is 0 Å². The molecule has 1 saturated carbocycles. The van der Waals surface area contributed by atoms with Crippen molar-refractivity contribution >= 4 is 0 Å². The van der Waals surface area contributed by atoms with E-state index in [1.165, 1.54) is 25.7 Å². The molecule has 1 aliphatic carbocycles. The lowest BCUT2D eigenvalue weighted by Gasteiger charge is -2.40. The molecule has 0 bridgehead atoms. The maximum Gasteiger partial charge on any atom is 0.0773 e. The Morgan fingerprint density at radius 3 is 2.50 bits per heavy atom. The fourth-order valence-electron chi connectivity index (χ4n) is 3.04. The van der Waals surface area contributed by atoms with Gasteiger partial charge < -0.3 is 9.84 Å². The van der Waals surface area contributed by atoms with E-state index < -0.39 is 0 Å². The number of aliphatic hydroxyl groups is 1. The van der Waals surface area contributed by atoms with Crippen LogP contribution in [0.4, 0.5) is 0 Å². The van der Waals surface area contributed by atoms with Gasteiger partial charge in [0.25, 0.3) is 0 Å². The maximum atomic E-state index is 9.87. The van der Waals surface area contributed by atoms with Crippen LogP contribution in [0.15, 0.2) is 0 Å². The zero-order valence-electron chi connectivity index (χ0n) is 12.7. The van der Waals surface area contributed by atoms with Gasteiger partial charge in [-0.05, 0) is 30.6 Å². The Hall–Kier alpha value is -0.0800. The molecule has 1 aliphatic rings. The van der Waals surface area contributed by atoms with Crippen LogP contribution in [0, 0.1) is 11.3 Å². The van der Waals surface area contributed by atoms with Crippen LogP contribution in [0.25, 0.3) is 0 Å². The third-order valence-corrected chi connectivity index (χ3v) is 4.21. The predicted molar refractivity (Wildman–Crippen MR) is 76.7 cm³/mol. The van der Waals surface area contributed by atoms with E-state index in [0.717, 1.165) is 19.3 Å². The highest BCUT2D eigenvalue weighted by Gasteiger charge is 2.34. The van der Waals surface area contributed by atoms with Gasteiger partial charge in [0.2, 0.25) is 0 Å². The quantitative estimate of drug-likeness (QED) is 0.773. The van der Waals surface area contributed by atoms with Gasteiger partial charge in [-0.1, -0.05) is 53.4 Å². The highest BCUT2D eigenvalue weighted by Crippen LogP contribution is 2.39. The SMILES string of the molecule is CCCCC(O)CO[C@@H]1CCCC[C@@H]1C(C)(C)C. The zero-order valence-corrected chi connectivity index (χ0v) is 12.7. The molecular weight excluding hydrogens is 224 g/mol. The van der Waals surface area contributed by atoms with Crippen molar-refractivity contribution in [3.8, 4) is 0 Å². The van der Waals surface area contributed by atoms with E-state index in [-0.39, 0.29) is 6.10 Å². The molecule has 0 aromatic heterocycles. The lowest BCUT2D eigenvalue weighted by molar-refractivity contribution is -0.0767. The van der Waals surface area contributed by atoms with Gasteiger partial charge in [-0.15, -0.1) is 0 Å². The second-order valence-electron chi connectivity index (χ2n) is 6.92. The Bertz CT molecular complexity index is 220. The summed E-state index contributed by atoms with van der Waals surface area (Å²) in [5.74, 6) is 0.643. The molecule has 0 radical (unpaired) electrons. The molecule has 1 N–H and O–H groups in total. The molecule has 2 nitrogen and oxygen atoms in total. The second kappa shape index (κ2) is 7.49. The van der Waals surface area contributed by atoms with Crippen molar-refractivity contribution in [3.63, 3.8) is 0 Å². The van der Waals surface area contributed by atoms with Crippen LogP contribution >= 0.6 is 0 Å².